The minimum Gasteiger partial charge on any atom is -0.494 e. The van der Waals surface area contributed by atoms with Gasteiger partial charge in [-0.3, -0.25) is 9.59 Å². The highest BCUT2D eigenvalue weighted by molar-refractivity contribution is 6.21. The summed E-state index contributed by atoms with van der Waals surface area (Å²) in [5, 5.41) is 1.97. The summed E-state index contributed by atoms with van der Waals surface area (Å²) in [4.78, 5) is 26.2. The Bertz CT molecular complexity index is 728. The second-order valence-corrected chi connectivity index (χ2v) is 6.06. The molecule has 1 aliphatic rings. The predicted molar refractivity (Wildman–Crippen MR) is 95.4 cm³/mol. The summed E-state index contributed by atoms with van der Waals surface area (Å²) in [6, 6.07) is 16.9. The SMILES string of the molecule is CCOc1ccc(N2C(=O)CC([NH2+]CCc3ccccc3)C2=O)cc1. The van der Waals surface area contributed by atoms with Crippen molar-refractivity contribution < 1.29 is 19.6 Å². The first-order chi connectivity index (χ1) is 12.2. The van der Waals surface area contributed by atoms with Gasteiger partial charge < -0.3 is 10.1 Å². The summed E-state index contributed by atoms with van der Waals surface area (Å²) in [7, 11) is 0. The average molecular weight is 339 g/mol. The molecule has 0 saturated carbocycles. The number of amides is 2. The first kappa shape index (κ1) is 17.2. The highest BCUT2D eigenvalue weighted by Gasteiger charge is 2.42. The van der Waals surface area contributed by atoms with Crippen molar-refractivity contribution in [3.63, 3.8) is 0 Å². The second-order valence-electron chi connectivity index (χ2n) is 6.06. The molecule has 3 rings (SSSR count). The van der Waals surface area contributed by atoms with E-state index in [4.69, 9.17) is 4.74 Å². The van der Waals surface area contributed by atoms with Crippen molar-refractivity contribution in [2.75, 3.05) is 18.1 Å². The van der Waals surface area contributed by atoms with Gasteiger partial charge in [0, 0.05) is 6.42 Å². The van der Waals surface area contributed by atoms with Crippen LogP contribution < -0.4 is 15.0 Å². The number of carbonyl (C=O) groups excluding carboxylic acids is 2. The maximum atomic E-state index is 12.6. The van der Waals surface area contributed by atoms with Gasteiger partial charge in [-0.1, -0.05) is 30.3 Å². The molecule has 130 valence electrons. The molecule has 0 spiro atoms. The Kier molecular flexibility index (Phi) is 5.46. The Hall–Kier alpha value is -2.66. The number of benzene rings is 2. The van der Waals surface area contributed by atoms with Crippen LogP contribution in [0.15, 0.2) is 54.6 Å². The zero-order valence-electron chi connectivity index (χ0n) is 14.4. The molecule has 2 aromatic carbocycles. The van der Waals surface area contributed by atoms with E-state index in [1.807, 2.05) is 30.4 Å². The predicted octanol–water partition coefficient (Wildman–Crippen LogP) is 1.52. The molecule has 2 aromatic rings. The molecule has 0 bridgehead atoms. The number of nitrogens with zero attached hydrogens (tertiary/aromatic N) is 1. The standard InChI is InChI=1S/C20H22N2O3/c1-2-25-17-10-8-16(9-11-17)22-19(23)14-18(20(22)24)21-13-12-15-6-4-3-5-7-15/h3-11,18,21H,2,12-14H2,1H3/p+1. The summed E-state index contributed by atoms with van der Waals surface area (Å²) in [5.41, 5.74) is 1.84. The molecule has 2 N–H and O–H groups in total. The number of hydrogen-bond donors (Lipinski definition) is 1. The largest absolute Gasteiger partial charge is 0.494 e. The molecule has 1 saturated heterocycles. The van der Waals surface area contributed by atoms with Crippen LogP contribution in [0.5, 0.6) is 5.75 Å². The van der Waals surface area contributed by atoms with Gasteiger partial charge in [-0.05, 0) is 36.8 Å². The van der Waals surface area contributed by atoms with Crippen molar-refractivity contribution in [1.29, 1.82) is 0 Å². The van der Waals surface area contributed by atoms with Crippen molar-refractivity contribution in [3.05, 3.63) is 60.2 Å². The Morgan fingerprint density at radius 1 is 1.08 bits per heavy atom. The first-order valence-electron chi connectivity index (χ1n) is 8.66. The van der Waals surface area contributed by atoms with Crippen molar-refractivity contribution in [3.8, 4) is 5.75 Å². The molecule has 0 radical (unpaired) electrons. The molecule has 5 heteroatoms. The van der Waals surface area contributed by atoms with Crippen LogP contribution in [-0.4, -0.2) is 31.0 Å². The Balaban J connectivity index is 1.59. The van der Waals surface area contributed by atoms with E-state index in [9.17, 15) is 9.59 Å². The summed E-state index contributed by atoms with van der Waals surface area (Å²) in [6.07, 6.45) is 1.13. The summed E-state index contributed by atoms with van der Waals surface area (Å²) < 4.78 is 5.40. The summed E-state index contributed by atoms with van der Waals surface area (Å²) in [6.45, 7) is 3.28. The minimum absolute atomic E-state index is 0.137. The van der Waals surface area contributed by atoms with Gasteiger partial charge in [-0.15, -0.1) is 0 Å². The first-order valence-corrected chi connectivity index (χ1v) is 8.66. The number of ether oxygens (including phenoxy) is 1. The monoisotopic (exact) mass is 339 g/mol. The van der Waals surface area contributed by atoms with Crippen LogP contribution in [0.2, 0.25) is 0 Å². The lowest BCUT2D eigenvalue weighted by molar-refractivity contribution is -0.674. The van der Waals surface area contributed by atoms with Gasteiger partial charge in [-0.25, -0.2) is 4.90 Å². The fourth-order valence-corrected chi connectivity index (χ4v) is 3.06. The molecule has 25 heavy (non-hydrogen) atoms. The van der Waals surface area contributed by atoms with Gasteiger partial charge in [-0.2, -0.15) is 0 Å². The molecule has 1 unspecified atom stereocenters. The number of carbonyl (C=O) groups is 2. The van der Waals surface area contributed by atoms with Crippen LogP contribution in [0.1, 0.15) is 18.9 Å². The third kappa shape index (κ3) is 4.06. The maximum absolute atomic E-state index is 12.6. The average Bonchev–Trinajstić information content (AvgIpc) is 2.91. The van der Waals surface area contributed by atoms with E-state index in [0.717, 1.165) is 18.7 Å². The molecule has 1 fully saturated rings. The lowest BCUT2D eigenvalue weighted by Crippen LogP contribution is -2.92. The van der Waals surface area contributed by atoms with E-state index in [0.29, 0.717) is 12.3 Å². The number of anilines is 1. The lowest BCUT2D eigenvalue weighted by Gasteiger charge is -2.15. The highest BCUT2D eigenvalue weighted by atomic mass is 16.5. The fourth-order valence-electron chi connectivity index (χ4n) is 3.06. The van der Waals surface area contributed by atoms with E-state index in [1.165, 1.54) is 10.5 Å². The van der Waals surface area contributed by atoms with Gasteiger partial charge in [0.05, 0.1) is 25.3 Å². The van der Waals surface area contributed by atoms with E-state index in [2.05, 4.69) is 12.1 Å². The number of imide groups is 1. The van der Waals surface area contributed by atoms with Gasteiger partial charge in [0.25, 0.3) is 5.91 Å². The molecular weight excluding hydrogens is 316 g/mol. The van der Waals surface area contributed by atoms with E-state index in [1.54, 1.807) is 24.3 Å². The van der Waals surface area contributed by atoms with Gasteiger partial charge >= 0.3 is 0 Å². The van der Waals surface area contributed by atoms with Crippen LogP contribution >= 0.6 is 0 Å². The van der Waals surface area contributed by atoms with Crippen LogP contribution in [0.3, 0.4) is 0 Å². The molecule has 5 nitrogen and oxygen atoms in total. The van der Waals surface area contributed by atoms with Gasteiger partial charge in [0.15, 0.2) is 6.04 Å². The van der Waals surface area contributed by atoms with E-state index >= 15 is 0 Å². The van der Waals surface area contributed by atoms with Crippen LogP contribution in [0.25, 0.3) is 0 Å². The molecule has 1 atom stereocenters. The Morgan fingerprint density at radius 2 is 1.80 bits per heavy atom. The fraction of sp³-hybridized carbons (Fsp3) is 0.300. The normalized spacial score (nSPS) is 17.2. The molecule has 1 aliphatic heterocycles. The van der Waals surface area contributed by atoms with Gasteiger partial charge in [0.1, 0.15) is 5.75 Å². The van der Waals surface area contributed by atoms with Crippen molar-refractivity contribution in [1.82, 2.24) is 0 Å². The summed E-state index contributed by atoms with van der Waals surface area (Å²) >= 11 is 0. The van der Waals surface area contributed by atoms with Crippen molar-refractivity contribution in [2.24, 2.45) is 0 Å². The van der Waals surface area contributed by atoms with Gasteiger partial charge in [0.2, 0.25) is 5.91 Å². The van der Waals surface area contributed by atoms with Crippen LogP contribution in [-0.2, 0) is 16.0 Å². The number of rotatable bonds is 7. The van der Waals surface area contributed by atoms with Crippen LogP contribution in [0.4, 0.5) is 5.69 Å². The number of hydrogen-bond acceptors (Lipinski definition) is 3. The quantitative estimate of drug-likeness (QED) is 0.778. The Labute approximate surface area is 147 Å². The molecule has 0 aromatic heterocycles. The maximum Gasteiger partial charge on any atom is 0.292 e. The Morgan fingerprint density at radius 3 is 2.48 bits per heavy atom. The molecule has 2 amide bonds. The smallest absolute Gasteiger partial charge is 0.292 e. The topological polar surface area (TPSA) is 63.2 Å². The second kappa shape index (κ2) is 7.94. The third-order valence-corrected chi connectivity index (χ3v) is 4.31. The van der Waals surface area contributed by atoms with E-state index < -0.39 is 0 Å². The molecule has 1 heterocycles. The third-order valence-electron chi connectivity index (χ3n) is 4.31. The van der Waals surface area contributed by atoms with Crippen molar-refractivity contribution in [2.45, 2.75) is 25.8 Å². The number of nitrogens with two attached hydrogens (primary N) is 1. The minimum atomic E-state index is -0.331. The highest BCUT2D eigenvalue weighted by Crippen LogP contribution is 2.24. The van der Waals surface area contributed by atoms with Crippen LogP contribution in [0, 0.1) is 0 Å². The van der Waals surface area contributed by atoms with E-state index in [-0.39, 0.29) is 24.3 Å². The number of quaternary nitrogens is 1. The molecule has 0 aliphatic carbocycles. The zero-order chi connectivity index (χ0) is 17.6. The molecular formula is C20H23N2O3+. The lowest BCUT2D eigenvalue weighted by atomic mass is 10.1. The zero-order valence-corrected chi connectivity index (χ0v) is 14.4. The van der Waals surface area contributed by atoms with Crippen molar-refractivity contribution >= 4 is 17.5 Å². The summed E-state index contributed by atoms with van der Waals surface area (Å²) in [5.74, 6) is 0.452.